The number of likely N-dealkylation sites (tertiary alicyclic amines) is 1. The number of carbonyl (C=O) groups is 2. The molecule has 1 aromatic rings. The van der Waals surface area contributed by atoms with Crippen LogP contribution in [0.4, 0.5) is 5.69 Å². The van der Waals surface area contributed by atoms with Crippen LogP contribution in [0.2, 0.25) is 0 Å². The van der Waals surface area contributed by atoms with Gasteiger partial charge in [0.2, 0.25) is 21.8 Å². The summed E-state index contributed by atoms with van der Waals surface area (Å²) in [6.45, 7) is 8.04. The van der Waals surface area contributed by atoms with Gasteiger partial charge < -0.3 is 9.80 Å². The first-order chi connectivity index (χ1) is 14.5. The largest absolute Gasteiger partial charge is 0.342 e. The summed E-state index contributed by atoms with van der Waals surface area (Å²) < 4.78 is 28.4. The van der Waals surface area contributed by atoms with E-state index in [1.807, 2.05) is 18.7 Å². The fourth-order valence-corrected chi connectivity index (χ4v) is 6.66. The van der Waals surface area contributed by atoms with Gasteiger partial charge in [-0.1, -0.05) is 6.92 Å². The van der Waals surface area contributed by atoms with Crippen molar-refractivity contribution in [2.24, 2.45) is 11.8 Å². The number of likely N-dealkylation sites (N-methyl/N-ethyl adjacent to an activating group) is 1. The molecule has 1 aromatic carbocycles. The molecule has 0 bridgehead atoms. The van der Waals surface area contributed by atoms with Crippen molar-refractivity contribution in [3.63, 3.8) is 0 Å². The summed E-state index contributed by atoms with van der Waals surface area (Å²) in [7, 11) is -2.03. The summed E-state index contributed by atoms with van der Waals surface area (Å²) >= 11 is 0. The van der Waals surface area contributed by atoms with E-state index in [0.717, 1.165) is 43.6 Å². The van der Waals surface area contributed by atoms with Gasteiger partial charge in [-0.25, -0.2) is 8.42 Å². The standard InChI is InChI=1S/C23H33N3O4S/c1-16-9-12-25(13-10-16)21(27)17-6-5-11-26(15-17)31(29,30)18-7-8-20-19(14-18)23(2,3)22(28)24(20)4/h7-8,14,16-17H,5-6,9-13,15H2,1-4H3. The predicted octanol–water partition coefficient (Wildman–Crippen LogP) is 2.60. The summed E-state index contributed by atoms with van der Waals surface area (Å²) in [5.74, 6) is 0.406. The smallest absolute Gasteiger partial charge is 0.243 e. The molecule has 0 aliphatic carbocycles. The molecule has 1 atom stereocenters. The van der Waals surface area contributed by atoms with E-state index < -0.39 is 15.4 Å². The fraction of sp³-hybridized carbons (Fsp3) is 0.652. The first-order valence-electron chi connectivity index (χ1n) is 11.2. The molecule has 0 N–H and O–H groups in total. The first kappa shape index (κ1) is 22.3. The molecule has 0 radical (unpaired) electrons. The zero-order valence-corrected chi connectivity index (χ0v) is 19.7. The van der Waals surface area contributed by atoms with Crippen molar-refractivity contribution in [2.75, 3.05) is 38.1 Å². The van der Waals surface area contributed by atoms with Gasteiger partial charge in [-0.05, 0) is 69.2 Å². The maximum Gasteiger partial charge on any atom is 0.243 e. The lowest BCUT2D eigenvalue weighted by Gasteiger charge is -2.37. The van der Waals surface area contributed by atoms with E-state index >= 15 is 0 Å². The number of amides is 2. The van der Waals surface area contributed by atoms with Crippen LogP contribution in [0.15, 0.2) is 23.1 Å². The lowest BCUT2D eigenvalue weighted by molar-refractivity contribution is -0.138. The Morgan fingerprint density at radius 3 is 2.45 bits per heavy atom. The average Bonchev–Trinajstić information content (AvgIpc) is 2.94. The Morgan fingerprint density at radius 1 is 1.10 bits per heavy atom. The molecule has 7 nitrogen and oxygen atoms in total. The second kappa shape index (κ2) is 7.89. The quantitative estimate of drug-likeness (QED) is 0.714. The molecule has 3 aliphatic heterocycles. The van der Waals surface area contributed by atoms with E-state index in [9.17, 15) is 18.0 Å². The van der Waals surface area contributed by atoms with Crippen molar-refractivity contribution < 1.29 is 18.0 Å². The van der Waals surface area contributed by atoms with Gasteiger partial charge in [-0.3, -0.25) is 9.59 Å². The van der Waals surface area contributed by atoms with Gasteiger partial charge in [-0.15, -0.1) is 0 Å². The van der Waals surface area contributed by atoms with Crippen LogP contribution in [0, 0.1) is 11.8 Å². The van der Waals surface area contributed by atoms with Gasteiger partial charge in [0.1, 0.15) is 0 Å². The Morgan fingerprint density at radius 2 is 1.77 bits per heavy atom. The SMILES string of the molecule is CC1CCN(C(=O)C2CCCN(S(=O)(=O)c3ccc4c(c3)C(C)(C)C(=O)N4C)C2)CC1. The van der Waals surface area contributed by atoms with Gasteiger partial charge in [0.15, 0.2) is 0 Å². The summed E-state index contributed by atoms with van der Waals surface area (Å²) in [5, 5.41) is 0. The molecule has 0 spiro atoms. The number of carbonyl (C=O) groups excluding carboxylic acids is 2. The lowest BCUT2D eigenvalue weighted by atomic mass is 9.86. The summed E-state index contributed by atoms with van der Waals surface area (Å²) in [5.41, 5.74) is 0.717. The molecule has 3 heterocycles. The zero-order chi connectivity index (χ0) is 22.6. The first-order valence-corrected chi connectivity index (χ1v) is 12.7. The highest BCUT2D eigenvalue weighted by molar-refractivity contribution is 7.89. The van der Waals surface area contributed by atoms with E-state index in [4.69, 9.17) is 0 Å². The summed E-state index contributed by atoms with van der Waals surface area (Å²) in [6.07, 6.45) is 3.43. The molecule has 4 rings (SSSR count). The third-order valence-electron chi connectivity index (χ3n) is 7.31. The van der Waals surface area contributed by atoms with Gasteiger partial charge in [0.25, 0.3) is 0 Å². The van der Waals surface area contributed by atoms with E-state index in [1.54, 1.807) is 30.1 Å². The molecule has 0 aromatic heterocycles. The second-order valence-corrected chi connectivity index (χ2v) is 11.8. The number of rotatable bonds is 3. The van der Waals surface area contributed by atoms with Crippen LogP contribution >= 0.6 is 0 Å². The Bertz CT molecular complexity index is 996. The highest BCUT2D eigenvalue weighted by Crippen LogP contribution is 2.42. The molecule has 1 unspecified atom stereocenters. The number of hydrogen-bond donors (Lipinski definition) is 0. The zero-order valence-electron chi connectivity index (χ0n) is 18.9. The highest BCUT2D eigenvalue weighted by atomic mass is 32.2. The Kier molecular flexibility index (Phi) is 5.67. The second-order valence-electron chi connectivity index (χ2n) is 9.88. The minimum absolute atomic E-state index is 0.0449. The van der Waals surface area contributed by atoms with Crippen molar-refractivity contribution in [1.29, 1.82) is 0 Å². The number of hydrogen-bond acceptors (Lipinski definition) is 4. The maximum absolute atomic E-state index is 13.5. The van der Waals surface area contributed by atoms with E-state index in [2.05, 4.69) is 6.92 Å². The van der Waals surface area contributed by atoms with Crippen LogP contribution in [0.1, 0.15) is 52.0 Å². The van der Waals surface area contributed by atoms with Crippen LogP contribution in [-0.2, 0) is 25.0 Å². The molecule has 0 saturated carbocycles. The lowest BCUT2D eigenvalue weighted by Crippen LogP contribution is -2.48. The molecular formula is C23H33N3O4S. The normalized spacial score (nSPS) is 25.0. The molecular weight excluding hydrogens is 414 g/mol. The third-order valence-corrected chi connectivity index (χ3v) is 9.17. The minimum Gasteiger partial charge on any atom is -0.342 e. The van der Waals surface area contributed by atoms with Crippen molar-refractivity contribution in [1.82, 2.24) is 9.21 Å². The minimum atomic E-state index is -3.74. The Balaban J connectivity index is 1.55. The van der Waals surface area contributed by atoms with Crippen LogP contribution < -0.4 is 4.90 Å². The highest BCUT2D eigenvalue weighted by Gasteiger charge is 2.43. The Labute approximate surface area is 185 Å². The Hall–Kier alpha value is -1.93. The molecule has 8 heteroatoms. The average molecular weight is 448 g/mol. The van der Waals surface area contributed by atoms with Crippen LogP contribution in [-0.4, -0.2) is 62.7 Å². The van der Waals surface area contributed by atoms with Crippen molar-refractivity contribution in [2.45, 2.75) is 56.8 Å². The topological polar surface area (TPSA) is 78.0 Å². The van der Waals surface area contributed by atoms with Gasteiger partial charge in [0, 0.05) is 38.9 Å². The number of benzene rings is 1. The van der Waals surface area contributed by atoms with Crippen LogP contribution in [0.25, 0.3) is 0 Å². The van der Waals surface area contributed by atoms with Crippen molar-refractivity contribution >= 4 is 27.5 Å². The number of fused-ring (bicyclic) bond motifs is 1. The molecule has 31 heavy (non-hydrogen) atoms. The van der Waals surface area contributed by atoms with Gasteiger partial charge in [0.05, 0.1) is 16.2 Å². The number of anilines is 1. The van der Waals surface area contributed by atoms with Crippen LogP contribution in [0.3, 0.4) is 0 Å². The van der Waals surface area contributed by atoms with E-state index in [1.165, 1.54) is 4.31 Å². The number of nitrogens with zero attached hydrogens (tertiary/aromatic N) is 3. The van der Waals surface area contributed by atoms with E-state index in [-0.39, 0.29) is 29.2 Å². The van der Waals surface area contributed by atoms with E-state index in [0.29, 0.717) is 18.9 Å². The molecule has 170 valence electrons. The van der Waals surface area contributed by atoms with Gasteiger partial charge >= 0.3 is 0 Å². The predicted molar refractivity (Wildman–Crippen MR) is 119 cm³/mol. The monoisotopic (exact) mass is 447 g/mol. The molecule has 2 fully saturated rings. The number of piperidine rings is 2. The molecule has 2 saturated heterocycles. The maximum atomic E-state index is 13.5. The number of sulfonamides is 1. The van der Waals surface area contributed by atoms with Crippen molar-refractivity contribution in [3.05, 3.63) is 23.8 Å². The van der Waals surface area contributed by atoms with Crippen LogP contribution in [0.5, 0.6) is 0 Å². The fourth-order valence-electron chi connectivity index (χ4n) is 5.11. The van der Waals surface area contributed by atoms with Crippen molar-refractivity contribution in [3.8, 4) is 0 Å². The summed E-state index contributed by atoms with van der Waals surface area (Å²) in [4.78, 5) is 29.3. The molecule has 2 amide bonds. The van der Waals surface area contributed by atoms with Gasteiger partial charge in [-0.2, -0.15) is 4.31 Å². The summed E-state index contributed by atoms with van der Waals surface area (Å²) in [6, 6.07) is 4.94. The molecule has 3 aliphatic rings. The third kappa shape index (κ3) is 3.78.